The van der Waals surface area contributed by atoms with Crippen molar-refractivity contribution in [1.82, 2.24) is 0 Å². The first-order chi connectivity index (χ1) is 10.5. The van der Waals surface area contributed by atoms with E-state index in [0.29, 0.717) is 24.2 Å². The summed E-state index contributed by atoms with van der Waals surface area (Å²) in [5.41, 5.74) is 1.13. The summed E-state index contributed by atoms with van der Waals surface area (Å²) >= 11 is 0. The quantitative estimate of drug-likeness (QED) is 0.796. The highest BCUT2D eigenvalue weighted by atomic mass is 16.4. The van der Waals surface area contributed by atoms with Gasteiger partial charge in [-0.15, -0.1) is 0 Å². The summed E-state index contributed by atoms with van der Waals surface area (Å²) in [6, 6.07) is 6.80. The average Bonchev–Trinajstić information content (AvgIpc) is 2.46. The molecule has 6 nitrogen and oxygen atoms in total. The molecule has 1 aromatic carbocycles. The van der Waals surface area contributed by atoms with Crippen LogP contribution in [0.1, 0.15) is 32.6 Å². The second kappa shape index (κ2) is 7.06. The van der Waals surface area contributed by atoms with Crippen LogP contribution in [0.25, 0.3) is 0 Å². The van der Waals surface area contributed by atoms with Crippen LogP contribution in [0.2, 0.25) is 0 Å². The van der Waals surface area contributed by atoms with Gasteiger partial charge < -0.3 is 15.7 Å². The summed E-state index contributed by atoms with van der Waals surface area (Å²) in [7, 11) is 0. The summed E-state index contributed by atoms with van der Waals surface area (Å²) in [5.74, 6) is -2.50. The number of carbonyl (C=O) groups excluding carboxylic acids is 2. The molecule has 2 amide bonds. The Balaban J connectivity index is 2.07. The number of rotatable bonds is 4. The zero-order valence-electron chi connectivity index (χ0n) is 12.5. The number of nitrogens with one attached hydrogen (secondary N) is 2. The first kappa shape index (κ1) is 16.0. The minimum Gasteiger partial charge on any atom is -0.481 e. The molecule has 6 heteroatoms. The van der Waals surface area contributed by atoms with Gasteiger partial charge >= 0.3 is 5.97 Å². The molecule has 3 N–H and O–H groups in total. The van der Waals surface area contributed by atoms with E-state index in [9.17, 15) is 19.5 Å². The zero-order valence-corrected chi connectivity index (χ0v) is 12.5. The molecule has 1 aromatic rings. The van der Waals surface area contributed by atoms with Crippen LogP contribution in [0.3, 0.4) is 0 Å². The molecule has 0 radical (unpaired) electrons. The van der Waals surface area contributed by atoms with Crippen LogP contribution in [0, 0.1) is 11.8 Å². The number of hydrogen-bond acceptors (Lipinski definition) is 3. The Hall–Kier alpha value is -2.37. The maximum atomic E-state index is 12.4. The van der Waals surface area contributed by atoms with Crippen molar-refractivity contribution in [3.8, 4) is 0 Å². The fraction of sp³-hybridized carbons (Fsp3) is 0.438. The van der Waals surface area contributed by atoms with Gasteiger partial charge in [-0.2, -0.15) is 0 Å². The molecule has 0 heterocycles. The van der Waals surface area contributed by atoms with E-state index in [1.165, 1.54) is 6.92 Å². The van der Waals surface area contributed by atoms with Crippen molar-refractivity contribution >= 4 is 29.2 Å². The van der Waals surface area contributed by atoms with Gasteiger partial charge in [-0.1, -0.05) is 18.9 Å². The number of amides is 2. The van der Waals surface area contributed by atoms with Crippen LogP contribution in [0.4, 0.5) is 11.4 Å². The Labute approximate surface area is 128 Å². The minimum absolute atomic E-state index is 0.193. The molecule has 1 saturated carbocycles. The topological polar surface area (TPSA) is 95.5 Å². The fourth-order valence-corrected chi connectivity index (χ4v) is 2.85. The highest BCUT2D eigenvalue weighted by molar-refractivity contribution is 5.96. The van der Waals surface area contributed by atoms with Crippen LogP contribution >= 0.6 is 0 Å². The van der Waals surface area contributed by atoms with Gasteiger partial charge in [0.15, 0.2) is 0 Å². The maximum absolute atomic E-state index is 12.4. The molecule has 0 spiro atoms. The van der Waals surface area contributed by atoms with E-state index in [1.807, 2.05) is 0 Å². The number of carboxylic acids is 1. The second-order valence-corrected chi connectivity index (χ2v) is 5.59. The van der Waals surface area contributed by atoms with Crippen molar-refractivity contribution in [1.29, 1.82) is 0 Å². The lowest BCUT2D eigenvalue weighted by atomic mass is 9.78. The SMILES string of the molecule is CC(=O)Nc1cccc(NC(=O)[C@@H]2CCCC[C@H]2C(=O)O)c1. The summed E-state index contributed by atoms with van der Waals surface area (Å²) in [4.78, 5) is 34.7. The Bertz CT molecular complexity index is 585. The first-order valence-electron chi connectivity index (χ1n) is 7.38. The van der Waals surface area contributed by atoms with Gasteiger partial charge in [0.2, 0.25) is 11.8 Å². The standard InChI is InChI=1S/C16H20N2O4/c1-10(19)17-11-5-4-6-12(9-11)18-15(20)13-7-2-3-8-14(13)16(21)22/h4-6,9,13-14H,2-3,7-8H2,1H3,(H,17,19)(H,18,20)(H,21,22)/t13-,14-/m1/s1. The molecule has 0 aromatic heterocycles. The van der Waals surface area contributed by atoms with Crippen molar-refractivity contribution in [3.63, 3.8) is 0 Å². The van der Waals surface area contributed by atoms with Crippen LogP contribution < -0.4 is 10.6 Å². The van der Waals surface area contributed by atoms with Crippen LogP contribution in [-0.2, 0) is 14.4 Å². The maximum Gasteiger partial charge on any atom is 0.307 e. The zero-order chi connectivity index (χ0) is 16.1. The minimum atomic E-state index is -0.910. The lowest BCUT2D eigenvalue weighted by molar-refractivity contribution is -0.147. The van der Waals surface area contributed by atoms with E-state index in [0.717, 1.165) is 12.8 Å². The van der Waals surface area contributed by atoms with Gasteiger partial charge in [0.25, 0.3) is 0 Å². The van der Waals surface area contributed by atoms with E-state index in [-0.39, 0.29) is 11.8 Å². The number of carboxylic acid groups (broad SMARTS) is 1. The third kappa shape index (κ3) is 4.07. The van der Waals surface area contributed by atoms with Crippen molar-refractivity contribution in [2.75, 3.05) is 10.6 Å². The van der Waals surface area contributed by atoms with Gasteiger partial charge in [-0.3, -0.25) is 14.4 Å². The molecule has 1 fully saturated rings. The monoisotopic (exact) mass is 304 g/mol. The molecule has 2 atom stereocenters. The molecule has 118 valence electrons. The average molecular weight is 304 g/mol. The lowest BCUT2D eigenvalue weighted by Gasteiger charge is -2.27. The van der Waals surface area contributed by atoms with Gasteiger partial charge in [0.05, 0.1) is 11.8 Å². The summed E-state index contributed by atoms with van der Waals surface area (Å²) in [6.45, 7) is 1.41. The second-order valence-electron chi connectivity index (χ2n) is 5.59. The number of aliphatic carboxylic acids is 1. The number of anilines is 2. The largest absolute Gasteiger partial charge is 0.481 e. The van der Waals surface area contributed by atoms with Gasteiger partial charge in [0.1, 0.15) is 0 Å². The van der Waals surface area contributed by atoms with E-state index in [1.54, 1.807) is 24.3 Å². The third-order valence-corrected chi connectivity index (χ3v) is 3.87. The van der Waals surface area contributed by atoms with Crippen LogP contribution in [-0.4, -0.2) is 22.9 Å². The molecule has 0 aliphatic heterocycles. The van der Waals surface area contributed by atoms with Crippen LogP contribution in [0.15, 0.2) is 24.3 Å². The first-order valence-corrected chi connectivity index (χ1v) is 7.38. The van der Waals surface area contributed by atoms with Gasteiger partial charge in [-0.05, 0) is 31.0 Å². The van der Waals surface area contributed by atoms with Crippen molar-refractivity contribution in [3.05, 3.63) is 24.3 Å². The molecule has 0 saturated heterocycles. The van der Waals surface area contributed by atoms with Crippen LogP contribution in [0.5, 0.6) is 0 Å². The molecule has 0 unspecified atom stereocenters. The molecular weight excluding hydrogens is 284 g/mol. The van der Waals surface area contributed by atoms with E-state index in [2.05, 4.69) is 10.6 Å². The number of hydrogen-bond donors (Lipinski definition) is 3. The predicted molar refractivity (Wildman–Crippen MR) is 82.5 cm³/mol. The number of benzene rings is 1. The smallest absolute Gasteiger partial charge is 0.307 e. The van der Waals surface area contributed by atoms with Gasteiger partial charge in [-0.25, -0.2) is 0 Å². The lowest BCUT2D eigenvalue weighted by Crippen LogP contribution is -2.36. The van der Waals surface area contributed by atoms with Gasteiger partial charge in [0, 0.05) is 18.3 Å². The fourth-order valence-electron chi connectivity index (χ4n) is 2.85. The molecule has 2 rings (SSSR count). The molecule has 1 aliphatic rings. The van der Waals surface area contributed by atoms with Crippen molar-refractivity contribution < 1.29 is 19.5 Å². The summed E-state index contributed by atoms with van der Waals surface area (Å²) < 4.78 is 0. The molecular formula is C16H20N2O4. The van der Waals surface area contributed by atoms with E-state index in [4.69, 9.17) is 0 Å². The Morgan fingerprint density at radius 3 is 2.23 bits per heavy atom. The summed E-state index contributed by atoms with van der Waals surface area (Å²) in [6.07, 6.45) is 2.85. The third-order valence-electron chi connectivity index (χ3n) is 3.87. The summed E-state index contributed by atoms with van der Waals surface area (Å²) in [5, 5.41) is 14.6. The van der Waals surface area contributed by atoms with Crippen molar-refractivity contribution in [2.24, 2.45) is 11.8 Å². The highest BCUT2D eigenvalue weighted by Crippen LogP contribution is 2.31. The molecule has 1 aliphatic carbocycles. The Morgan fingerprint density at radius 2 is 1.64 bits per heavy atom. The Morgan fingerprint density at radius 1 is 1.05 bits per heavy atom. The van der Waals surface area contributed by atoms with E-state index < -0.39 is 17.8 Å². The Kier molecular flexibility index (Phi) is 5.14. The predicted octanol–water partition coefficient (Wildman–Crippen LogP) is 2.47. The normalized spacial score (nSPS) is 21.0. The molecule has 0 bridgehead atoms. The van der Waals surface area contributed by atoms with E-state index >= 15 is 0 Å². The van der Waals surface area contributed by atoms with Crippen molar-refractivity contribution in [2.45, 2.75) is 32.6 Å². The number of carbonyl (C=O) groups is 3. The molecule has 22 heavy (non-hydrogen) atoms. The highest BCUT2D eigenvalue weighted by Gasteiger charge is 2.35.